The zero-order chi connectivity index (χ0) is 13.9. The lowest BCUT2D eigenvalue weighted by atomic mass is 10.2. The highest BCUT2D eigenvalue weighted by Gasteiger charge is 2.19. The Labute approximate surface area is 115 Å². The molecular formula is C11H12ClN3O3S. The van der Waals surface area contributed by atoms with Gasteiger partial charge in [0, 0.05) is 12.7 Å². The second-order valence-corrected chi connectivity index (χ2v) is 6.02. The van der Waals surface area contributed by atoms with E-state index in [1.165, 1.54) is 0 Å². The van der Waals surface area contributed by atoms with Crippen LogP contribution in [0.1, 0.15) is 11.3 Å². The van der Waals surface area contributed by atoms with Gasteiger partial charge in [-0.05, 0) is 25.0 Å². The SMILES string of the molecule is Cc1nocc1S(=O)(=O)NCCc1ccc(Cl)nc1. The molecule has 0 aliphatic heterocycles. The summed E-state index contributed by atoms with van der Waals surface area (Å²) >= 11 is 5.66. The van der Waals surface area contributed by atoms with Gasteiger partial charge in [-0.15, -0.1) is 0 Å². The maximum Gasteiger partial charge on any atom is 0.245 e. The molecule has 0 radical (unpaired) electrons. The molecule has 0 amide bonds. The number of nitrogens with zero attached hydrogens (tertiary/aromatic N) is 2. The van der Waals surface area contributed by atoms with Crippen molar-refractivity contribution in [3.8, 4) is 0 Å². The highest BCUT2D eigenvalue weighted by Crippen LogP contribution is 2.12. The van der Waals surface area contributed by atoms with Crippen molar-refractivity contribution in [3.05, 3.63) is 41.0 Å². The van der Waals surface area contributed by atoms with E-state index in [2.05, 4.69) is 19.4 Å². The van der Waals surface area contributed by atoms with Crippen LogP contribution in [0.3, 0.4) is 0 Å². The number of hydrogen-bond acceptors (Lipinski definition) is 5. The first-order valence-electron chi connectivity index (χ1n) is 5.50. The third kappa shape index (κ3) is 3.52. The van der Waals surface area contributed by atoms with Crippen LogP contribution in [0.15, 0.2) is 34.0 Å². The number of halogens is 1. The molecular weight excluding hydrogens is 290 g/mol. The van der Waals surface area contributed by atoms with Crippen LogP contribution >= 0.6 is 11.6 Å². The molecule has 0 fully saturated rings. The summed E-state index contributed by atoms with van der Waals surface area (Å²) in [5.74, 6) is 0. The van der Waals surface area contributed by atoms with E-state index in [9.17, 15) is 8.42 Å². The first-order valence-corrected chi connectivity index (χ1v) is 7.36. The lowest BCUT2D eigenvalue weighted by Gasteiger charge is -2.05. The van der Waals surface area contributed by atoms with Gasteiger partial charge in [-0.2, -0.15) is 0 Å². The molecule has 6 nitrogen and oxygen atoms in total. The fourth-order valence-electron chi connectivity index (χ4n) is 1.50. The van der Waals surface area contributed by atoms with E-state index in [-0.39, 0.29) is 11.4 Å². The number of pyridine rings is 1. The number of sulfonamides is 1. The zero-order valence-electron chi connectivity index (χ0n) is 10.1. The van der Waals surface area contributed by atoms with Crippen molar-refractivity contribution >= 4 is 21.6 Å². The summed E-state index contributed by atoms with van der Waals surface area (Å²) in [6.07, 6.45) is 3.25. The van der Waals surface area contributed by atoms with E-state index in [0.29, 0.717) is 17.3 Å². The van der Waals surface area contributed by atoms with Gasteiger partial charge in [0.05, 0.1) is 0 Å². The minimum atomic E-state index is -3.58. The molecule has 2 rings (SSSR count). The molecule has 2 heterocycles. The molecule has 0 saturated carbocycles. The van der Waals surface area contributed by atoms with Gasteiger partial charge in [-0.25, -0.2) is 18.1 Å². The maximum absolute atomic E-state index is 11.9. The monoisotopic (exact) mass is 301 g/mol. The van der Waals surface area contributed by atoms with Gasteiger partial charge in [0.25, 0.3) is 0 Å². The van der Waals surface area contributed by atoms with Gasteiger partial charge in [-0.1, -0.05) is 22.8 Å². The second-order valence-electron chi connectivity index (χ2n) is 3.90. The summed E-state index contributed by atoms with van der Waals surface area (Å²) in [6.45, 7) is 1.83. The number of aromatic nitrogens is 2. The van der Waals surface area contributed by atoms with Crippen molar-refractivity contribution in [3.63, 3.8) is 0 Å². The Morgan fingerprint density at radius 1 is 1.42 bits per heavy atom. The minimum Gasteiger partial charge on any atom is -0.363 e. The maximum atomic E-state index is 11.9. The minimum absolute atomic E-state index is 0.0572. The lowest BCUT2D eigenvalue weighted by Crippen LogP contribution is -2.26. The number of nitrogens with one attached hydrogen (secondary N) is 1. The average molecular weight is 302 g/mol. The Hall–Kier alpha value is -1.44. The fraction of sp³-hybridized carbons (Fsp3) is 0.273. The zero-order valence-corrected chi connectivity index (χ0v) is 11.7. The van der Waals surface area contributed by atoms with E-state index < -0.39 is 10.0 Å². The van der Waals surface area contributed by atoms with Crippen LogP contribution < -0.4 is 4.72 Å². The van der Waals surface area contributed by atoms with Gasteiger partial charge in [-0.3, -0.25) is 0 Å². The molecule has 19 heavy (non-hydrogen) atoms. The molecule has 8 heteroatoms. The van der Waals surface area contributed by atoms with Crippen molar-refractivity contribution in [2.75, 3.05) is 6.54 Å². The van der Waals surface area contributed by atoms with Crippen LogP contribution in [0.4, 0.5) is 0 Å². The molecule has 2 aromatic rings. The Bertz CT molecular complexity index is 652. The third-order valence-electron chi connectivity index (χ3n) is 2.49. The third-order valence-corrected chi connectivity index (χ3v) is 4.27. The Morgan fingerprint density at radius 2 is 2.21 bits per heavy atom. The number of aryl methyl sites for hydroxylation is 1. The first-order chi connectivity index (χ1) is 8.99. The highest BCUT2D eigenvalue weighted by molar-refractivity contribution is 7.89. The van der Waals surface area contributed by atoms with Gasteiger partial charge >= 0.3 is 0 Å². The van der Waals surface area contributed by atoms with Gasteiger partial charge < -0.3 is 4.52 Å². The summed E-state index contributed by atoms with van der Waals surface area (Å²) in [5, 5.41) is 3.95. The average Bonchev–Trinajstić information content (AvgIpc) is 2.79. The van der Waals surface area contributed by atoms with Crippen LogP contribution in [0.5, 0.6) is 0 Å². The number of rotatable bonds is 5. The quantitative estimate of drug-likeness (QED) is 0.847. The van der Waals surface area contributed by atoms with Crippen LogP contribution in [0.25, 0.3) is 0 Å². The van der Waals surface area contributed by atoms with Crippen LogP contribution in [-0.2, 0) is 16.4 Å². The summed E-state index contributed by atoms with van der Waals surface area (Å²) in [4.78, 5) is 3.98. The van der Waals surface area contributed by atoms with E-state index in [1.54, 1.807) is 25.3 Å². The standard InChI is InChI=1S/C11H12ClN3O3S/c1-8-10(7-18-15-8)19(16,17)14-5-4-9-2-3-11(12)13-6-9/h2-3,6-7,14H,4-5H2,1H3. The van der Waals surface area contributed by atoms with E-state index in [4.69, 9.17) is 11.6 Å². The Morgan fingerprint density at radius 3 is 2.79 bits per heavy atom. The van der Waals surface area contributed by atoms with Crippen molar-refractivity contribution in [1.82, 2.24) is 14.9 Å². The van der Waals surface area contributed by atoms with Crippen LogP contribution in [0.2, 0.25) is 5.15 Å². The molecule has 0 saturated heterocycles. The predicted octanol–water partition coefficient (Wildman–Crippen LogP) is 1.55. The smallest absolute Gasteiger partial charge is 0.245 e. The molecule has 0 bridgehead atoms. The molecule has 102 valence electrons. The van der Waals surface area contributed by atoms with E-state index in [1.807, 2.05) is 0 Å². The van der Waals surface area contributed by atoms with Crippen molar-refractivity contribution in [1.29, 1.82) is 0 Å². The molecule has 0 unspecified atom stereocenters. The van der Waals surface area contributed by atoms with Crippen molar-refractivity contribution in [2.24, 2.45) is 0 Å². The van der Waals surface area contributed by atoms with E-state index in [0.717, 1.165) is 11.8 Å². The van der Waals surface area contributed by atoms with E-state index >= 15 is 0 Å². The summed E-state index contributed by atoms with van der Waals surface area (Å²) < 4.78 is 30.9. The molecule has 0 atom stereocenters. The van der Waals surface area contributed by atoms with Gasteiger partial charge in [0.1, 0.15) is 22.0 Å². The highest BCUT2D eigenvalue weighted by atomic mass is 35.5. The summed E-state index contributed by atoms with van der Waals surface area (Å²) in [6, 6.07) is 3.46. The second kappa shape index (κ2) is 5.68. The number of hydrogen-bond donors (Lipinski definition) is 1. The molecule has 0 spiro atoms. The van der Waals surface area contributed by atoms with Gasteiger partial charge in [0.2, 0.25) is 10.0 Å². The molecule has 2 aromatic heterocycles. The topological polar surface area (TPSA) is 85.1 Å². The predicted molar refractivity (Wildman–Crippen MR) is 69.4 cm³/mol. The van der Waals surface area contributed by atoms with Gasteiger partial charge in [0.15, 0.2) is 0 Å². The Balaban J connectivity index is 1.96. The van der Waals surface area contributed by atoms with Crippen LogP contribution in [0, 0.1) is 6.92 Å². The van der Waals surface area contributed by atoms with Crippen molar-refractivity contribution < 1.29 is 12.9 Å². The largest absolute Gasteiger partial charge is 0.363 e. The molecule has 0 aliphatic rings. The van der Waals surface area contributed by atoms with Crippen molar-refractivity contribution in [2.45, 2.75) is 18.2 Å². The van der Waals surface area contributed by atoms with Crippen LogP contribution in [-0.4, -0.2) is 25.1 Å². The first kappa shape index (κ1) is 14.0. The summed E-state index contributed by atoms with van der Waals surface area (Å²) in [7, 11) is -3.58. The molecule has 1 N–H and O–H groups in total. The molecule has 0 aromatic carbocycles. The normalized spacial score (nSPS) is 11.7. The molecule has 0 aliphatic carbocycles. The lowest BCUT2D eigenvalue weighted by molar-refractivity contribution is 0.413. The summed E-state index contributed by atoms with van der Waals surface area (Å²) in [5.41, 5.74) is 1.23. The Kier molecular flexibility index (Phi) is 4.18. The fourth-order valence-corrected chi connectivity index (χ4v) is 2.74.